The van der Waals surface area contributed by atoms with Crippen molar-refractivity contribution in [3.63, 3.8) is 0 Å². The van der Waals surface area contributed by atoms with E-state index in [4.69, 9.17) is 0 Å². The van der Waals surface area contributed by atoms with Crippen molar-refractivity contribution in [2.24, 2.45) is 11.8 Å². The number of aliphatic hydroxyl groups excluding tert-OH is 1. The van der Waals surface area contributed by atoms with Gasteiger partial charge in [-0.1, -0.05) is 32.9 Å². The molecule has 0 radical (unpaired) electrons. The zero-order chi connectivity index (χ0) is 11.4. The predicted octanol–water partition coefficient (Wildman–Crippen LogP) is 3.02. The monoisotopic (exact) mass is 210 g/mol. The Morgan fingerprint density at radius 2 is 1.67 bits per heavy atom. The zero-order valence-corrected chi connectivity index (χ0v) is 9.57. The molecule has 0 aliphatic heterocycles. The van der Waals surface area contributed by atoms with Crippen molar-refractivity contribution in [3.8, 4) is 0 Å². The molecule has 0 amide bonds. The molecule has 0 spiro atoms. The molecular formula is C13H19FO. The molecule has 2 atom stereocenters. The summed E-state index contributed by atoms with van der Waals surface area (Å²) in [5, 5.41) is 9.84. The number of aliphatic hydroxyl groups is 1. The molecule has 0 saturated heterocycles. The first-order chi connectivity index (χ1) is 7.00. The number of rotatable bonds is 4. The molecule has 2 heteroatoms. The van der Waals surface area contributed by atoms with E-state index in [9.17, 15) is 9.50 Å². The van der Waals surface area contributed by atoms with Crippen LogP contribution in [0.4, 0.5) is 4.39 Å². The Kier molecular flexibility index (Phi) is 4.28. The molecule has 1 aromatic rings. The molecule has 0 aromatic heterocycles. The van der Waals surface area contributed by atoms with Gasteiger partial charge in [0.1, 0.15) is 5.82 Å². The van der Waals surface area contributed by atoms with E-state index >= 15 is 0 Å². The van der Waals surface area contributed by atoms with Gasteiger partial charge in [-0.15, -0.1) is 0 Å². The van der Waals surface area contributed by atoms with Gasteiger partial charge in [-0.05, 0) is 36.0 Å². The Balaban J connectivity index is 2.58. The third kappa shape index (κ3) is 3.63. The highest BCUT2D eigenvalue weighted by molar-refractivity contribution is 5.16. The fraction of sp³-hybridized carbons (Fsp3) is 0.538. The lowest BCUT2D eigenvalue weighted by molar-refractivity contribution is 0.0724. The van der Waals surface area contributed by atoms with Gasteiger partial charge in [0.15, 0.2) is 0 Å². The molecule has 1 rings (SSSR count). The van der Waals surface area contributed by atoms with Crippen LogP contribution in [0.5, 0.6) is 0 Å². The molecular weight excluding hydrogens is 191 g/mol. The average Bonchev–Trinajstić information content (AvgIpc) is 2.20. The van der Waals surface area contributed by atoms with E-state index in [1.54, 1.807) is 12.1 Å². The lowest BCUT2D eigenvalue weighted by Crippen LogP contribution is -2.25. The molecule has 15 heavy (non-hydrogen) atoms. The van der Waals surface area contributed by atoms with Gasteiger partial charge in [-0.25, -0.2) is 4.39 Å². The van der Waals surface area contributed by atoms with Crippen molar-refractivity contribution >= 4 is 0 Å². The Labute approximate surface area is 90.9 Å². The van der Waals surface area contributed by atoms with Crippen LogP contribution in [0.1, 0.15) is 26.3 Å². The van der Waals surface area contributed by atoms with Gasteiger partial charge < -0.3 is 5.11 Å². The van der Waals surface area contributed by atoms with E-state index < -0.39 is 0 Å². The second-order valence-corrected chi connectivity index (χ2v) is 4.54. The maximum atomic E-state index is 12.7. The number of benzene rings is 1. The average molecular weight is 210 g/mol. The van der Waals surface area contributed by atoms with E-state index in [1.165, 1.54) is 12.1 Å². The van der Waals surface area contributed by atoms with Crippen molar-refractivity contribution in [1.29, 1.82) is 0 Å². The summed E-state index contributed by atoms with van der Waals surface area (Å²) in [5.41, 5.74) is 1.07. The topological polar surface area (TPSA) is 20.2 Å². The molecule has 84 valence electrons. The Bertz CT molecular complexity index is 292. The zero-order valence-electron chi connectivity index (χ0n) is 9.57. The van der Waals surface area contributed by atoms with Gasteiger partial charge in [-0.2, -0.15) is 0 Å². The molecule has 0 saturated carbocycles. The van der Waals surface area contributed by atoms with Gasteiger partial charge in [0.05, 0.1) is 6.10 Å². The molecule has 1 nitrogen and oxygen atoms in total. The smallest absolute Gasteiger partial charge is 0.123 e. The molecule has 1 N–H and O–H groups in total. The summed E-state index contributed by atoms with van der Waals surface area (Å²) in [6.45, 7) is 6.03. The molecule has 0 unspecified atom stereocenters. The second-order valence-electron chi connectivity index (χ2n) is 4.54. The van der Waals surface area contributed by atoms with E-state index in [1.807, 2.05) is 20.8 Å². The van der Waals surface area contributed by atoms with Crippen LogP contribution in [-0.4, -0.2) is 11.2 Å². The van der Waals surface area contributed by atoms with Crippen molar-refractivity contribution < 1.29 is 9.50 Å². The van der Waals surface area contributed by atoms with Crippen molar-refractivity contribution in [2.45, 2.75) is 33.3 Å². The molecule has 0 bridgehead atoms. The molecule has 0 heterocycles. The summed E-state index contributed by atoms with van der Waals surface area (Å²) in [7, 11) is 0. The van der Waals surface area contributed by atoms with Crippen molar-refractivity contribution in [1.82, 2.24) is 0 Å². The summed E-state index contributed by atoms with van der Waals surface area (Å²) >= 11 is 0. The second kappa shape index (κ2) is 5.26. The van der Waals surface area contributed by atoms with Crippen LogP contribution in [-0.2, 0) is 6.42 Å². The summed E-state index contributed by atoms with van der Waals surface area (Å²) < 4.78 is 12.7. The minimum atomic E-state index is -0.296. The number of hydrogen-bond acceptors (Lipinski definition) is 1. The van der Waals surface area contributed by atoms with Gasteiger partial charge in [-0.3, -0.25) is 0 Å². The fourth-order valence-electron chi connectivity index (χ4n) is 1.77. The van der Waals surface area contributed by atoms with Gasteiger partial charge in [0.25, 0.3) is 0 Å². The minimum Gasteiger partial charge on any atom is -0.393 e. The van der Waals surface area contributed by atoms with Crippen LogP contribution < -0.4 is 0 Å². The normalized spacial score (nSPS) is 15.3. The first-order valence-electron chi connectivity index (χ1n) is 5.43. The summed E-state index contributed by atoms with van der Waals surface area (Å²) in [5.74, 6) is 0.256. The first kappa shape index (κ1) is 12.2. The van der Waals surface area contributed by atoms with E-state index in [0.29, 0.717) is 0 Å². The number of halogens is 1. The highest BCUT2D eigenvalue weighted by Crippen LogP contribution is 2.17. The Morgan fingerprint density at radius 3 is 2.13 bits per heavy atom. The summed E-state index contributed by atoms with van der Waals surface area (Å²) in [6.07, 6.45) is 0.495. The minimum absolute atomic E-state index is 0.204. The van der Waals surface area contributed by atoms with Crippen LogP contribution >= 0.6 is 0 Å². The molecule has 0 fully saturated rings. The first-order valence-corrected chi connectivity index (χ1v) is 5.43. The predicted molar refractivity (Wildman–Crippen MR) is 60.1 cm³/mol. The van der Waals surface area contributed by atoms with Gasteiger partial charge in [0.2, 0.25) is 0 Å². The third-order valence-electron chi connectivity index (χ3n) is 2.74. The fourth-order valence-corrected chi connectivity index (χ4v) is 1.77. The van der Waals surface area contributed by atoms with Crippen LogP contribution in [0.15, 0.2) is 24.3 Å². The lowest BCUT2D eigenvalue weighted by Gasteiger charge is -2.22. The number of hydrogen-bond donors (Lipinski definition) is 1. The lowest BCUT2D eigenvalue weighted by atomic mass is 9.89. The quantitative estimate of drug-likeness (QED) is 0.810. The van der Waals surface area contributed by atoms with E-state index in [-0.39, 0.29) is 23.8 Å². The van der Waals surface area contributed by atoms with Crippen LogP contribution in [0.25, 0.3) is 0 Å². The standard InChI is InChI=1S/C13H19FO/c1-9(2)13(15)10(3)8-11-4-6-12(14)7-5-11/h4-7,9-10,13,15H,8H2,1-3H3/t10-,13+/m1/s1. The SMILES string of the molecule is CC(C)[C@H](O)[C@H](C)Cc1ccc(F)cc1. The summed E-state index contributed by atoms with van der Waals surface area (Å²) in [6, 6.07) is 6.48. The van der Waals surface area contributed by atoms with Gasteiger partial charge in [0, 0.05) is 0 Å². The maximum absolute atomic E-state index is 12.7. The molecule has 0 aliphatic carbocycles. The Hall–Kier alpha value is -0.890. The van der Waals surface area contributed by atoms with Crippen molar-refractivity contribution in [2.75, 3.05) is 0 Å². The van der Waals surface area contributed by atoms with Crippen LogP contribution in [0, 0.1) is 17.7 Å². The van der Waals surface area contributed by atoms with Gasteiger partial charge >= 0.3 is 0 Å². The summed E-state index contributed by atoms with van der Waals surface area (Å²) in [4.78, 5) is 0. The van der Waals surface area contributed by atoms with Crippen LogP contribution in [0.3, 0.4) is 0 Å². The molecule has 1 aromatic carbocycles. The molecule has 0 aliphatic rings. The van der Waals surface area contributed by atoms with E-state index in [0.717, 1.165) is 12.0 Å². The maximum Gasteiger partial charge on any atom is 0.123 e. The van der Waals surface area contributed by atoms with E-state index in [2.05, 4.69) is 0 Å². The van der Waals surface area contributed by atoms with Crippen molar-refractivity contribution in [3.05, 3.63) is 35.6 Å². The highest BCUT2D eigenvalue weighted by Gasteiger charge is 2.17. The highest BCUT2D eigenvalue weighted by atomic mass is 19.1. The Morgan fingerprint density at radius 1 is 1.13 bits per heavy atom. The third-order valence-corrected chi connectivity index (χ3v) is 2.74. The largest absolute Gasteiger partial charge is 0.393 e. The van der Waals surface area contributed by atoms with Crippen LogP contribution in [0.2, 0.25) is 0 Å².